The van der Waals surface area contributed by atoms with Gasteiger partial charge in [-0.3, -0.25) is 14.9 Å². The number of ether oxygens (including phenoxy) is 1. The summed E-state index contributed by atoms with van der Waals surface area (Å²) in [7, 11) is 0. The number of benzene rings is 2. The molecule has 0 radical (unpaired) electrons. The summed E-state index contributed by atoms with van der Waals surface area (Å²) in [5.41, 5.74) is 3.14. The Kier molecular flexibility index (Phi) is 7.71. The predicted octanol–water partition coefficient (Wildman–Crippen LogP) is 6.98. The number of hydrogen-bond acceptors (Lipinski definition) is 6. The quantitative estimate of drug-likeness (QED) is 0.228. The van der Waals surface area contributed by atoms with Crippen molar-refractivity contribution in [2.24, 2.45) is 4.99 Å². The first kappa shape index (κ1) is 27.3. The molecule has 1 atom stereocenters. The maximum Gasteiger partial charge on any atom is 0.416 e. The Balaban J connectivity index is 1.03. The van der Waals surface area contributed by atoms with Crippen molar-refractivity contribution in [2.75, 3.05) is 31.1 Å². The SMILES string of the molecule is CC(=NC1CCN(Cc2ccncc2)C1)c1cc2cc(OC3CCN(c4ccc(C(F)(F)F)cc4)CC3)ccc2o1. The lowest BCUT2D eigenvalue weighted by Gasteiger charge is -2.33. The van der Waals surface area contributed by atoms with Crippen LogP contribution in [-0.2, 0) is 12.7 Å². The number of anilines is 1. The minimum atomic E-state index is -4.32. The lowest BCUT2D eigenvalue weighted by atomic mass is 10.1. The fraction of sp³-hybridized carbons (Fsp3) is 0.375. The summed E-state index contributed by atoms with van der Waals surface area (Å²) in [4.78, 5) is 13.6. The highest BCUT2D eigenvalue weighted by Crippen LogP contribution is 2.32. The van der Waals surface area contributed by atoms with Crippen molar-refractivity contribution < 1.29 is 22.3 Å². The van der Waals surface area contributed by atoms with Crippen LogP contribution in [0.15, 0.2) is 82.5 Å². The summed E-state index contributed by atoms with van der Waals surface area (Å²) in [6, 6.07) is 17.6. The lowest BCUT2D eigenvalue weighted by molar-refractivity contribution is -0.137. The first-order chi connectivity index (χ1) is 19.8. The molecule has 0 N–H and O–H groups in total. The van der Waals surface area contributed by atoms with Crippen LogP contribution in [0.3, 0.4) is 0 Å². The first-order valence-corrected chi connectivity index (χ1v) is 14.1. The van der Waals surface area contributed by atoms with E-state index in [-0.39, 0.29) is 12.1 Å². The van der Waals surface area contributed by atoms with Gasteiger partial charge in [-0.15, -0.1) is 0 Å². The monoisotopic (exact) mass is 562 g/mol. The zero-order valence-electron chi connectivity index (χ0n) is 23.0. The van der Waals surface area contributed by atoms with Crippen LogP contribution in [-0.4, -0.2) is 53.9 Å². The average Bonchev–Trinajstić information content (AvgIpc) is 3.60. The molecule has 0 bridgehead atoms. The maximum absolute atomic E-state index is 12.9. The largest absolute Gasteiger partial charge is 0.490 e. The standard InChI is InChI=1S/C32H33F3N4O2/c1-22(37-26-10-15-38(21-26)20-23-8-13-36-14-9-23)31-19-24-18-29(6-7-30(24)41-31)40-28-11-16-39(17-12-28)27-4-2-25(3-5-27)32(33,34)35/h2-9,13-14,18-19,26,28H,10-12,15-17,20-21H2,1H3. The molecule has 6 nitrogen and oxygen atoms in total. The Morgan fingerprint density at radius 1 is 0.976 bits per heavy atom. The number of piperidine rings is 1. The zero-order chi connectivity index (χ0) is 28.4. The van der Waals surface area contributed by atoms with Crippen LogP contribution in [0.1, 0.15) is 43.1 Å². The van der Waals surface area contributed by atoms with Gasteiger partial charge in [0.2, 0.25) is 0 Å². The van der Waals surface area contributed by atoms with Gasteiger partial charge >= 0.3 is 6.18 Å². The second-order valence-electron chi connectivity index (χ2n) is 10.9. The van der Waals surface area contributed by atoms with Crippen LogP contribution in [0.5, 0.6) is 5.75 Å². The number of alkyl halides is 3. The van der Waals surface area contributed by atoms with Crippen molar-refractivity contribution in [2.45, 2.75) is 51.1 Å². The molecule has 2 aromatic heterocycles. The van der Waals surface area contributed by atoms with Crippen LogP contribution >= 0.6 is 0 Å². The fourth-order valence-corrected chi connectivity index (χ4v) is 5.70. The third kappa shape index (κ3) is 6.56. The van der Waals surface area contributed by atoms with Crippen molar-refractivity contribution >= 4 is 22.4 Å². The number of pyridine rings is 1. The maximum atomic E-state index is 12.9. The topological polar surface area (TPSA) is 54.1 Å². The highest BCUT2D eigenvalue weighted by atomic mass is 19.4. The smallest absolute Gasteiger partial charge is 0.416 e. The van der Waals surface area contributed by atoms with Gasteiger partial charge in [-0.2, -0.15) is 13.2 Å². The van der Waals surface area contributed by atoms with Gasteiger partial charge in [0, 0.05) is 69.0 Å². The number of aromatic nitrogens is 1. The summed E-state index contributed by atoms with van der Waals surface area (Å²) in [6.45, 7) is 6.32. The Bertz CT molecular complexity index is 1490. The molecule has 0 amide bonds. The number of hydrogen-bond donors (Lipinski definition) is 0. The minimum Gasteiger partial charge on any atom is -0.490 e. The van der Waals surface area contributed by atoms with Crippen LogP contribution < -0.4 is 9.64 Å². The molecule has 0 saturated carbocycles. The van der Waals surface area contributed by atoms with Gasteiger partial charge in [0.25, 0.3) is 0 Å². The molecule has 4 heterocycles. The minimum absolute atomic E-state index is 0.0466. The highest BCUT2D eigenvalue weighted by Gasteiger charge is 2.30. The van der Waals surface area contributed by atoms with E-state index in [0.29, 0.717) is 0 Å². The summed E-state index contributed by atoms with van der Waals surface area (Å²) < 4.78 is 51.0. The van der Waals surface area contributed by atoms with E-state index in [0.717, 1.165) is 98.0 Å². The number of furan rings is 1. The Morgan fingerprint density at radius 3 is 2.46 bits per heavy atom. The molecule has 6 rings (SSSR count). The molecule has 214 valence electrons. The van der Waals surface area contributed by atoms with Gasteiger partial charge in [0.15, 0.2) is 0 Å². The number of halogens is 3. The van der Waals surface area contributed by atoms with Gasteiger partial charge in [-0.25, -0.2) is 0 Å². The second kappa shape index (κ2) is 11.6. The number of nitrogens with zero attached hydrogens (tertiary/aromatic N) is 4. The molecule has 2 aromatic carbocycles. The molecule has 0 spiro atoms. The van der Waals surface area contributed by atoms with Crippen LogP contribution in [0.4, 0.5) is 18.9 Å². The molecule has 2 fully saturated rings. The highest BCUT2D eigenvalue weighted by molar-refractivity contribution is 6.00. The molecule has 2 aliphatic rings. The molecule has 41 heavy (non-hydrogen) atoms. The van der Waals surface area contributed by atoms with E-state index in [1.165, 1.54) is 5.56 Å². The van der Waals surface area contributed by atoms with E-state index < -0.39 is 11.7 Å². The van der Waals surface area contributed by atoms with Gasteiger partial charge in [0.05, 0.1) is 17.3 Å². The predicted molar refractivity (Wildman–Crippen MR) is 154 cm³/mol. The van der Waals surface area contributed by atoms with Crippen LogP contribution in [0, 0.1) is 0 Å². The summed E-state index contributed by atoms with van der Waals surface area (Å²) in [5.74, 6) is 1.56. The molecule has 1 unspecified atom stereocenters. The van der Waals surface area contributed by atoms with E-state index in [1.807, 2.05) is 43.6 Å². The van der Waals surface area contributed by atoms with Crippen molar-refractivity contribution in [3.8, 4) is 5.75 Å². The number of likely N-dealkylation sites (tertiary alicyclic amines) is 1. The summed E-state index contributed by atoms with van der Waals surface area (Å²) >= 11 is 0. The van der Waals surface area contributed by atoms with Crippen molar-refractivity contribution in [3.63, 3.8) is 0 Å². The molecule has 0 aliphatic carbocycles. The normalized spacial score (nSPS) is 19.3. The van der Waals surface area contributed by atoms with E-state index in [4.69, 9.17) is 14.1 Å². The van der Waals surface area contributed by atoms with E-state index in [2.05, 4.69) is 26.9 Å². The molecular weight excluding hydrogens is 529 g/mol. The first-order valence-electron chi connectivity index (χ1n) is 14.1. The summed E-state index contributed by atoms with van der Waals surface area (Å²) in [5, 5.41) is 0.972. The van der Waals surface area contributed by atoms with Crippen molar-refractivity contribution in [1.29, 1.82) is 0 Å². The van der Waals surface area contributed by atoms with Gasteiger partial charge in [0.1, 0.15) is 23.2 Å². The fourth-order valence-electron chi connectivity index (χ4n) is 5.70. The number of rotatable bonds is 7. The van der Waals surface area contributed by atoms with E-state index >= 15 is 0 Å². The Labute approximate surface area is 237 Å². The number of aliphatic imine (C=N–C) groups is 1. The van der Waals surface area contributed by atoms with Gasteiger partial charge in [-0.05, 0) is 79.6 Å². The van der Waals surface area contributed by atoms with E-state index in [1.54, 1.807) is 12.1 Å². The molecule has 4 aromatic rings. The molecule has 9 heteroatoms. The zero-order valence-corrected chi connectivity index (χ0v) is 23.0. The molecule has 2 aliphatic heterocycles. The van der Waals surface area contributed by atoms with E-state index in [9.17, 15) is 13.2 Å². The third-order valence-corrected chi connectivity index (χ3v) is 7.93. The number of fused-ring (bicyclic) bond motifs is 1. The van der Waals surface area contributed by atoms with Crippen molar-refractivity contribution in [1.82, 2.24) is 9.88 Å². The molecular formula is C32H33F3N4O2. The average molecular weight is 563 g/mol. The van der Waals surface area contributed by atoms with Crippen molar-refractivity contribution in [3.05, 3.63) is 89.9 Å². The lowest BCUT2D eigenvalue weighted by Crippen LogP contribution is -2.38. The van der Waals surface area contributed by atoms with Crippen LogP contribution in [0.2, 0.25) is 0 Å². The Hall–Kier alpha value is -3.85. The summed E-state index contributed by atoms with van der Waals surface area (Å²) in [6.07, 6.45) is 2.00. The van der Waals surface area contributed by atoms with Gasteiger partial charge < -0.3 is 14.1 Å². The third-order valence-electron chi connectivity index (χ3n) is 7.93. The Morgan fingerprint density at radius 2 is 1.73 bits per heavy atom. The molecule has 2 saturated heterocycles. The van der Waals surface area contributed by atoms with Crippen LogP contribution in [0.25, 0.3) is 11.0 Å². The second-order valence-corrected chi connectivity index (χ2v) is 10.9. The van der Waals surface area contributed by atoms with Gasteiger partial charge in [-0.1, -0.05) is 0 Å².